The Morgan fingerprint density at radius 2 is 2.26 bits per heavy atom. The molecular formula is C22H27FN6O2. The number of ether oxygens (including phenoxy) is 1. The van der Waals surface area contributed by atoms with Crippen LogP contribution in [0.3, 0.4) is 0 Å². The third-order valence-corrected chi connectivity index (χ3v) is 5.56. The minimum Gasteiger partial charge on any atom is -0.462 e. The van der Waals surface area contributed by atoms with Crippen LogP contribution >= 0.6 is 0 Å². The van der Waals surface area contributed by atoms with Crippen molar-refractivity contribution < 1.29 is 13.9 Å². The number of rotatable bonds is 7. The summed E-state index contributed by atoms with van der Waals surface area (Å²) < 4.78 is 20.8. The van der Waals surface area contributed by atoms with Crippen LogP contribution in [0.25, 0.3) is 5.65 Å². The molecule has 0 aromatic carbocycles. The van der Waals surface area contributed by atoms with Gasteiger partial charge in [-0.3, -0.25) is 4.98 Å². The van der Waals surface area contributed by atoms with E-state index in [1.165, 1.54) is 12.4 Å². The van der Waals surface area contributed by atoms with E-state index in [1.807, 2.05) is 13.0 Å². The first kappa shape index (κ1) is 21.2. The van der Waals surface area contributed by atoms with Gasteiger partial charge in [-0.2, -0.15) is 5.10 Å². The van der Waals surface area contributed by atoms with Crippen LogP contribution in [0.15, 0.2) is 30.7 Å². The Morgan fingerprint density at radius 1 is 1.42 bits per heavy atom. The van der Waals surface area contributed by atoms with Crippen LogP contribution in [0.4, 0.5) is 10.2 Å². The van der Waals surface area contributed by atoms with Gasteiger partial charge in [-0.15, -0.1) is 0 Å². The largest absolute Gasteiger partial charge is 0.462 e. The monoisotopic (exact) mass is 426 g/mol. The average molecular weight is 426 g/mol. The summed E-state index contributed by atoms with van der Waals surface area (Å²) in [7, 11) is 0. The number of aromatic nitrogens is 4. The van der Waals surface area contributed by atoms with E-state index >= 15 is 0 Å². The highest BCUT2D eigenvalue weighted by Crippen LogP contribution is 2.37. The molecule has 9 heteroatoms. The Bertz CT molecular complexity index is 1080. The van der Waals surface area contributed by atoms with E-state index in [9.17, 15) is 9.18 Å². The van der Waals surface area contributed by atoms with Gasteiger partial charge in [-0.05, 0) is 57.2 Å². The van der Waals surface area contributed by atoms with Crippen molar-refractivity contribution in [3.8, 4) is 0 Å². The Morgan fingerprint density at radius 3 is 3.03 bits per heavy atom. The highest BCUT2D eigenvalue weighted by atomic mass is 19.1. The van der Waals surface area contributed by atoms with Crippen LogP contribution in [-0.2, 0) is 11.2 Å². The fourth-order valence-corrected chi connectivity index (χ4v) is 4.08. The van der Waals surface area contributed by atoms with Crippen molar-refractivity contribution >= 4 is 17.4 Å². The summed E-state index contributed by atoms with van der Waals surface area (Å²) in [5.41, 5.74) is 8.43. The number of esters is 1. The Labute approximate surface area is 180 Å². The first-order valence-electron chi connectivity index (χ1n) is 10.7. The normalized spacial score (nSPS) is 17.3. The second-order valence-corrected chi connectivity index (χ2v) is 7.89. The van der Waals surface area contributed by atoms with Crippen LogP contribution in [0.5, 0.6) is 0 Å². The summed E-state index contributed by atoms with van der Waals surface area (Å²) in [5.74, 6) is -0.0914. The standard InChI is InChI=1S/C22H27FN6O2/c1-3-31-22(30)17-13-26-29-10-8-20(27-21(17)29)28-9-4-5-19(28)16-11-15(23)12-25-18(16)7-6-14(2)24/h8,10-14,19H,3-7,9,24H2,1-2H3/t14-,19-/m1/s1. The second-order valence-electron chi connectivity index (χ2n) is 7.89. The number of carbonyl (C=O) groups is 1. The smallest absolute Gasteiger partial charge is 0.343 e. The minimum absolute atomic E-state index is 0.0461. The van der Waals surface area contributed by atoms with Gasteiger partial charge in [0, 0.05) is 24.5 Å². The molecule has 3 aromatic rings. The molecule has 0 spiro atoms. The summed E-state index contributed by atoms with van der Waals surface area (Å²) >= 11 is 0. The lowest BCUT2D eigenvalue weighted by Gasteiger charge is -2.27. The summed E-state index contributed by atoms with van der Waals surface area (Å²) in [4.78, 5) is 23.5. The van der Waals surface area contributed by atoms with E-state index in [1.54, 1.807) is 23.7 Å². The van der Waals surface area contributed by atoms with E-state index in [4.69, 9.17) is 15.5 Å². The number of halogens is 1. The third kappa shape index (κ3) is 4.36. The number of fused-ring (bicyclic) bond motifs is 1. The Hall–Kier alpha value is -3.07. The lowest BCUT2D eigenvalue weighted by molar-refractivity contribution is 0.0528. The Balaban J connectivity index is 1.69. The number of anilines is 1. The molecule has 0 unspecified atom stereocenters. The van der Waals surface area contributed by atoms with Gasteiger partial charge in [-0.25, -0.2) is 18.7 Å². The molecule has 3 aromatic heterocycles. The van der Waals surface area contributed by atoms with Gasteiger partial charge in [0.25, 0.3) is 0 Å². The van der Waals surface area contributed by atoms with E-state index < -0.39 is 5.97 Å². The first-order valence-corrected chi connectivity index (χ1v) is 10.7. The number of nitrogens with zero attached hydrogens (tertiary/aromatic N) is 5. The molecule has 2 N–H and O–H groups in total. The van der Waals surface area contributed by atoms with Crippen molar-refractivity contribution in [2.45, 2.75) is 51.6 Å². The lowest BCUT2D eigenvalue weighted by atomic mass is 9.98. The van der Waals surface area contributed by atoms with Gasteiger partial charge in [0.05, 0.1) is 25.0 Å². The van der Waals surface area contributed by atoms with Gasteiger partial charge in [0.15, 0.2) is 5.65 Å². The van der Waals surface area contributed by atoms with Crippen molar-refractivity contribution in [3.05, 3.63) is 53.4 Å². The van der Waals surface area contributed by atoms with Gasteiger partial charge in [-0.1, -0.05) is 0 Å². The van der Waals surface area contributed by atoms with Crippen LogP contribution in [0.1, 0.15) is 60.8 Å². The molecule has 1 aliphatic rings. The maximum Gasteiger partial charge on any atom is 0.343 e. The molecule has 0 bridgehead atoms. The van der Waals surface area contributed by atoms with Gasteiger partial charge < -0.3 is 15.4 Å². The van der Waals surface area contributed by atoms with Gasteiger partial charge >= 0.3 is 5.97 Å². The molecule has 0 amide bonds. The van der Waals surface area contributed by atoms with Crippen molar-refractivity contribution in [2.24, 2.45) is 5.73 Å². The Kier molecular flexibility index (Phi) is 6.13. The van der Waals surface area contributed by atoms with Crippen molar-refractivity contribution in [2.75, 3.05) is 18.1 Å². The fourth-order valence-electron chi connectivity index (χ4n) is 4.08. The van der Waals surface area contributed by atoms with Crippen LogP contribution < -0.4 is 10.6 Å². The van der Waals surface area contributed by atoms with Crippen molar-refractivity contribution in [1.29, 1.82) is 0 Å². The molecular weight excluding hydrogens is 399 g/mol. The van der Waals surface area contributed by atoms with Crippen molar-refractivity contribution in [1.82, 2.24) is 19.6 Å². The topological polar surface area (TPSA) is 98.6 Å². The quantitative estimate of drug-likeness (QED) is 0.580. The van der Waals surface area contributed by atoms with Crippen LogP contribution in [-0.4, -0.2) is 44.7 Å². The summed E-state index contributed by atoms with van der Waals surface area (Å²) in [6, 6.07) is 3.44. The van der Waals surface area contributed by atoms with E-state index in [-0.39, 0.29) is 24.5 Å². The molecule has 4 rings (SSSR count). The maximum absolute atomic E-state index is 14.1. The molecule has 31 heavy (non-hydrogen) atoms. The van der Waals surface area contributed by atoms with E-state index in [2.05, 4.69) is 15.0 Å². The molecule has 164 valence electrons. The molecule has 8 nitrogen and oxygen atoms in total. The summed E-state index contributed by atoms with van der Waals surface area (Å²) in [5, 5.41) is 4.20. The van der Waals surface area contributed by atoms with E-state index in [0.717, 1.165) is 37.1 Å². The number of hydrogen-bond acceptors (Lipinski definition) is 7. The maximum atomic E-state index is 14.1. The first-order chi connectivity index (χ1) is 15.0. The molecule has 1 aliphatic heterocycles. The second kappa shape index (κ2) is 8.97. The highest BCUT2D eigenvalue weighted by Gasteiger charge is 2.30. The predicted molar refractivity (Wildman–Crippen MR) is 114 cm³/mol. The predicted octanol–water partition coefficient (Wildman–Crippen LogP) is 3.06. The molecule has 0 aliphatic carbocycles. The van der Waals surface area contributed by atoms with Gasteiger partial charge in [0.2, 0.25) is 0 Å². The number of carbonyl (C=O) groups excluding carboxylic acids is 1. The van der Waals surface area contributed by atoms with E-state index in [0.29, 0.717) is 23.4 Å². The summed E-state index contributed by atoms with van der Waals surface area (Å²) in [6.45, 7) is 4.77. The fraction of sp³-hybridized carbons (Fsp3) is 0.455. The number of hydrogen-bond donors (Lipinski definition) is 1. The molecule has 0 saturated carbocycles. The van der Waals surface area contributed by atoms with Crippen molar-refractivity contribution in [3.63, 3.8) is 0 Å². The van der Waals surface area contributed by atoms with Crippen LogP contribution in [0, 0.1) is 5.82 Å². The number of aryl methyl sites for hydroxylation is 1. The zero-order valence-corrected chi connectivity index (χ0v) is 17.8. The average Bonchev–Trinajstić information content (AvgIpc) is 3.39. The highest BCUT2D eigenvalue weighted by molar-refractivity contribution is 5.95. The minimum atomic E-state index is -0.451. The zero-order chi connectivity index (χ0) is 22.0. The molecule has 2 atom stereocenters. The summed E-state index contributed by atoms with van der Waals surface area (Å²) in [6.07, 6.45) is 7.80. The number of pyridine rings is 1. The third-order valence-electron chi connectivity index (χ3n) is 5.56. The van der Waals surface area contributed by atoms with Crippen LogP contribution in [0.2, 0.25) is 0 Å². The molecule has 1 fully saturated rings. The zero-order valence-electron chi connectivity index (χ0n) is 17.8. The SMILES string of the molecule is CCOC(=O)c1cnn2ccc(N3CCC[C@@H]3c3cc(F)cnc3CC[C@@H](C)N)nc12. The number of nitrogens with two attached hydrogens (primary N) is 1. The molecule has 4 heterocycles. The lowest BCUT2D eigenvalue weighted by Crippen LogP contribution is -2.25. The van der Waals surface area contributed by atoms with Gasteiger partial charge in [0.1, 0.15) is 17.2 Å². The molecule has 0 radical (unpaired) electrons. The molecule has 1 saturated heterocycles.